The number of halogens is 1. The normalized spacial score (nSPS) is 29.7. The summed E-state index contributed by atoms with van der Waals surface area (Å²) in [5.74, 6) is 0.788. The van der Waals surface area contributed by atoms with Crippen molar-refractivity contribution in [2.24, 2.45) is 0 Å². The van der Waals surface area contributed by atoms with Crippen molar-refractivity contribution >= 4 is 17.4 Å². The Kier molecular flexibility index (Phi) is 5.42. The first-order valence-corrected chi connectivity index (χ1v) is 9.50. The summed E-state index contributed by atoms with van der Waals surface area (Å²) < 4.78 is 6.07. The minimum atomic E-state index is 0.204. The zero-order chi connectivity index (χ0) is 16.3. The number of hydrogen-bond acceptors (Lipinski definition) is 4. The molecule has 4 nitrogen and oxygen atoms in total. The third-order valence-corrected chi connectivity index (χ3v) is 5.74. The van der Waals surface area contributed by atoms with E-state index in [1.54, 1.807) is 6.33 Å². The quantitative estimate of drug-likeness (QED) is 0.575. The predicted octanol–water partition coefficient (Wildman–Crippen LogP) is 4.76. The van der Waals surface area contributed by atoms with Gasteiger partial charge in [-0.3, -0.25) is 0 Å². The van der Waals surface area contributed by atoms with Crippen molar-refractivity contribution in [1.82, 2.24) is 9.97 Å². The number of unbranched alkanes of at least 4 members (excludes halogenated alkanes) is 2. The van der Waals surface area contributed by atoms with Gasteiger partial charge in [-0.1, -0.05) is 44.7 Å². The van der Waals surface area contributed by atoms with Crippen LogP contribution in [-0.2, 0) is 11.2 Å². The van der Waals surface area contributed by atoms with Gasteiger partial charge in [-0.2, -0.15) is 0 Å². The zero-order valence-electron chi connectivity index (χ0n) is 14.3. The molecule has 0 radical (unpaired) electrons. The second-order valence-electron chi connectivity index (χ2n) is 6.92. The molecule has 0 bridgehead atoms. The van der Waals surface area contributed by atoms with Gasteiger partial charge in [-0.15, -0.1) is 0 Å². The van der Waals surface area contributed by atoms with Crippen LogP contribution in [0.4, 0.5) is 5.82 Å². The Hall–Kier alpha value is -0.870. The summed E-state index contributed by atoms with van der Waals surface area (Å²) >= 11 is 6.38. The van der Waals surface area contributed by atoms with Crippen LogP contribution in [0.15, 0.2) is 6.33 Å². The Morgan fingerprint density at radius 2 is 2.04 bits per heavy atom. The first-order chi connectivity index (χ1) is 11.2. The highest BCUT2D eigenvalue weighted by molar-refractivity contribution is 6.33. The number of anilines is 1. The van der Waals surface area contributed by atoms with Crippen LogP contribution in [-0.4, -0.2) is 27.7 Å². The molecule has 1 saturated carbocycles. The number of hydrogen-bond donors (Lipinski definition) is 1. The summed E-state index contributed by atoms with van der Waals surface area (Å²) in [5, 5.41) is 4.19. The summed E-state index contributed by atoms with van der Waals surface area (Å²) in [4.78, 5) is 8.54. The lowest BCUT2D eigenvalue weighted by atomic mass is 9.82. The summed E-state index contributed by atoms with van der Waals surface area (Å²) in [5.41, 5.74) is 1.12. The van der Waals surface area contributed by atoms with E-state index in [9.17, 15) is 0 Å². The van der Waals surface area contributed by atoms with Crippen molar-refractivity contribution in [1.29, 1.82) is 0 Å². The van der Waals surface area contributed by atoms with Crippen molar-refractivity contribution in [2.75, 3.05) is 5.32 Å². The molecule has 23 heavy (non-hydrogen) atoms. The number of aromatic nitrogens is 2. The van der Waals surface area contributed by atoms with Crippen LogP contribution in [0.2, 0.25) is 5.02 Å². The number of nitrogens with zero attached hydrogens (tertiary/aromatic N) is 2. The smallest absolute Gasteiger partial charge is 0.148 e. The molecule has 0 aromatic carbocycles. The first kappa shape index (κ1) is 17.0. The van der Waals surface area contributed by atoms with Crippen molar-refractivity contribution < 1.29 is 4.74 Å². The molecular formula is C18H28ClN3O. The first-order valence-electron chi connectivity index (χ1n) is 9.12. The highest BCUT2D eigenvalue weighted by Crippen LogP contribution is 2.50. The van der Waals surface area contributed by atoms with Gasteiger partial charge in [0.2, 0.25) is 0 Å². The second-order valence-corrected chi connectivity index (χ2v) is 7.30. The fraction of sp³-hybridized carbons (Fsp3) is 0.778. The molecule has 1 aliphatic heterocycles. The molecule has 2 fully saturated rings. The van der Waals surface area contributed by atoms with Crippen LogP contribution in [0, 0.1) is 0 Å². The van der Waals surface area contributed by atoms with Gasteiger partial charge in [0.05, 0.1) is 17.4 Å². The molecule has 1 aromatic rings. The van der Waals surface area contributed by atoms with Crippen LogP contribution in [0.5, 0.6) is 0 Å². The maximum Gasteiger partial charge on any atom is 0.148 e. The monoisotopic (exact) mass is 337 g/mol. The number of epoxide rings is 1. The van der Waals surface area contributed by atoms with Gasteiger partial charge in [0, 0.05) is 6.04 Å². The summed E-state index contributed by atoms with van der Waals surface area (Å²) in [6.45, 7) is 4.31. The van der Waals surface area contributed by atoms with Crippen molar-refractivity contribution in [3.05, 3.63) is 17.0 Å². The van der Waals surface area contributed by atoms with Gasteiger partial charge in [0.25, 0.3) is 0 Å². The summed E-state index contributed by atoms with van der Waals surface area (Å²) in [6, 6.07) is 0.443. The van der Waals surface area contributed by atoms with E-state index in [4.69, 9.17) is 16.3 Å². The molecule has 1 atom stereocenters. The largest absolute Gasteiger partial charge is 0.366 e. The zero-order valence-corrected chi connectivity index (χ0v) is 15.0. The molecule has 1 unspecified atom stereocenters. The van der Waals surface area contributed by atoms with Crippen molar-refractivity contribution in [3.8, 4) is 0 Å². The SMILES string of the molecule is CCCCCC1OC12CCC(Nc1ncnc(CC)c1Cl)CC2. The van der Waals surface area contributed by atoms with Crippen molar-refractivity contribution in [3.63, 3.8) is 0 Å². The van der Waals surface area contributed by atoms with Crippen LogP contribution in [0.1, 0.15) is 70.9 Å². The van der Waals surface area contributed by atoms with E-state index in [-0.39, 0.29) is 5.60 Å². The van der Waals surface area contributed by atoms with Crippen LogP contribution in [0.25, 0.3) is 0 Å². The number of ether oxygens (including phenoxy) is 1. The van der Waals surface area contributed by atoms with E-state index in [1.807, 2.05) is 0 Å². The molecule has 1 N–H and O–H groups in total. The Morgan fingerprint density at radius 3 is 2.74 bits per heavy atom. The van der Waals surface area contributed by atoms with Gasteiger partial charge in [-0.05, 0) is 38.5 Å². The fourth-order valence-corrected chi connectivity index (χ4v) is 4.07. The highest BCUT2D eigenvalue weighted by atomic mass is 35.5. The Labute approximate surface area is 144 Å². The summed E-state index contributed by atoms with van der Waals surface area (Å²) in [7, 11) is 0. The molecule has 0 amide bonds. The molecular weight excluding hydrogens is 310 g/mol. The van der Waals surface area contributed by atoms with Crippen LogP contribution >= 0.6 is 11.6 Å². The van der Waals surface area contributed by atoms with E-state index in [2.05, 4.69) is 29.1 Å². The van der Waals surface area contributed by atoms with Gasteiger partial charge in [-0.25, -0.2) is 9.97 Å². The minimum absolute atomic E-state index is 0.204. The average Bonchev–Trinajstić information content (AvgIpc) is 3.24. The summed E-state index contributed by atoms with van der Waals surface area (Å²) in [6.07, 6.45) is 12.7. The average molecular weight is 338 g/mol. The molecule has 1 aliphatic carbocycles. The van der Waals surface area contributed by atoms with Crippen LogP contribution in [0.3, 0.4) is 0 Å². The second kappa shape index (κ2) is 7.35. The van der Waals surface area contributed by atoms with E-state index in [0.717, 1.165) is 43.6 Å². The standard InChI is InChI=1S/C18H28ClN3O/c1-3-5-6-7-15-18(23-15)10-8-13(9-11-18)22-17-16(19)14(4-2)20-12-21-17/h12-13,15H,3-11H2,1-2H3,(H,20,21,22). The lowest BCUT2D eigenvalue weighted by Crippen LogP contribution is -2.32. The fourth-order valence-electron chi connectivity index (χ4n) is 3.79. The molecule has 1 aromatic heterocycles. The molecule has 1 saturated heterocycles. The molecule has 3 rings (SSSR count). The predicted molar refractivity (Wildman–Crippen MR) is 94.0 cm³/mol. The molecule has 2 heterocycles. The minimum Gasteiger partial charge on any atom is -0.366 e. The third-order valence-electron chi connectivity index (χ3n) is 5.35. The maximum atomic E-state index is 6.38. The van der Waals surface area contributed by atoms with Gasteiger partial charge in [0.15, 0.2) is 0 Å². The Bertz CT molecular complexity index is 529. The third kappa shape index (κ3) is 3.80. The van der Waals surface area contributed by atoms with E-state index in [1.165, 1.54) is 25.7 Å². The number of aryl methyl sites for hydroxylation is 1. The van der Waals surface area contributed by atoms with E-state index in [0.29, 0.717) is 17.2 Å². The highest BCUT2D eigenvalue weighted by Gasteiger charge is 2.56. The maximum absolute atomic E-state index is 6.38. The Morgan fingerprint density at radius 1 is 1.26 bits per heavy atom. The van der Waals surface area contributed by atoms with Crippen molar-refractivity contribution in [2.45, 2.75) is 89.4 Å². The lowest BCUT2D eigenvalue weighted by molar-refractivity contribution is 0.225. The van der Waals surface area contributed by atoms with E-state index >= 15 is 0 Å². The van der Waals surface area contributed by atoms with Crippen LogP contribution < -0.4 is 5.32 Å². The number of rotatable bonds is 7. The lowest BCUT2D eigenvalue weighted by Gasteiger charge is -2.28. The molecule has 128 valence electrons. The van der Waals surface area contributed by atoms with Gasteiger partial charge >= 0.3 is 0 Å². The molecule has 1 spiro atoms. The topological polar surface area (TPSA) is 50.3 Å². The van der Waals surface area contributed by atoms with E-state index < -0.39 is 0 Å². The molecule has 5 heteroatoms. The Balaban J connectivity index is 1.49. The molecule has 2 aliphatic rings. The number of nitrogens with one attached hydrogen (secondary N) is 1. The van der Waals surface area contributed by atoms with Gasteiger partial charge < -0.3 is 10.1 Å². The van der Waals surface area contributed by atoms with Gasteiger partial charge in [0.1, 0.15) is 17.2 Å².